The molecule has 0 unspecified atom stereocenters. The highest BCUT2D eigenvalue weighted by Crippen LogP contribution is 2.43. The molecule has 0 bridgehead atoms. The number of hydrogen-bond donors (Lipinski definition) is 2. The van der Waals surface area contributed by atoms with Gasteiger partial charge in [-0.1, -0.05) is 30.2 Å². The minimum absolute atomic E-state index is 0. The maximum atomic E-state index is 11.9. The van der Waals surface area contributed by atoms with Gasteiger partial charge in [0.05, 0.1) is 6.54 Å². The molecular formula is C17H24Cl2N2O. The molecule has 0 spiro atoms. The summed E-state index contributed by atoms with van der Waals surface area (Å²) in [6.07, 6.45) is 6.15. The van der Waals surface area contributed by atoms with Crippen LogP contribution in [-0.4, -0.2) is 25.5 Å². The highest BCUT2D eigenvalue weighted by atomic mass is 35.5. The number of benzene rings is 1. The zero-order chi connectivity index (χ0) is 14.7. The van der Waals surface area contributed by atoms with Crippen molar-refractivity contribution in [3.8, 4) is 0 Å². The van der Waals surface area contributed by atoms with Crippen molar-refractivity contribution in [2.45, 2.75) is 37.5 Å². The molecule has 1 aromatic carbocycles. The van der Waals surface area contributed by atoms with Crippen LogP contribution < -0.4 is 10.6 Å². The third-order valence-electron chi connectivity index (χ3n) is 4.81. The molecule has 0 saturated heterocycles. The first-order valence-corrected chi connectivity index (χ1v) is 8.29. The van der Waals surface area contributed by atoms with E-state index in [2.05, 4.69) is 22.8 Å². The number of rotatable bonds is 7. The molecule has 22 heavy (non-hydrogen) atoms. The van der Waals surface area contributed by atoms with E-state index in [0.29, 0.717) is 6.54 Å². The summed E-state index contributed by atoms with van der Waals surface area (Å²) in [6, 6.07) is 8.07. The molecule has 2 aliphatic rings. The lowest BCUT2D eigenvalue weighted by molar-refractivity contribution is -0.120. The number of nitrogens with one attached hydrogen (secondary N) is 2. The van der Waals surface area contributed by atoms with Crippen LogP contribution in [0, 0.1) is 5.92 Å². The number of carbonyl (C=O) groups is 1. The van der Waals surface area contributed by atoms with Crippen molar-refractivity contribution < 1.29 is 4.79 Å². The smallest absolute Gasteiger partial charge is 0.233 e. The van der Waals surface area contributed by atoms with E-state index in [9.17, 15) is 4.79 Å². The van der Waals surface area contributed by atoms with Crippen molar-refractivity contribution in [2.24, 2.45) is 5.92 Å². The molecule has 2 aliphatic carbocycles. The van der Waals surface area contributed by atoms with E-state index >= 15 is 0 Å². The van der Waals surface area contributed by atoms with Gasteiger partial charge in [0.15, 0.2) is 0 Å². The summed E-state index contributed by atoms with van der Waals surface area (Å²) in [5, 5.41) is 7.10. The highest BCUT2D eigenvalue weighted by Gasteiger charge is 2.38. The summed E-state index contributed by atoms with van der Waals surface area (Å²) in [5.74, 6) is 0.917. The van der Waals surface area contributed by atoms with Crippen LogP contribution in [0.25, 0.3) is 0 Å². The van der Waals surface area contributed by atoms with Gasteiger partial charge in [0.2, 0.25) is 5.91 Å². The van der Waals surface area contributed by atoms with Crippen LogP contribution >= 0.6 is 24.0 Å². The summed E-state index contributed by atoms with van der Waals surface area (Å²) < 4.78 is 0. The molecule has 0 radical (unpaired) electrons. The van der Waals surface area contributed by atoms with Gasteiger partial charge in [-0.3, -0.25) is 4.79 Å². The first-order valence-electron chi connectivity index (χ1n) is 7.91. The quantitative estimate of drug-likeness (QED) is 0.798. The van der Waals surface area contributed by atoms with Crippen molar-refractivity contribution in [3.05, 3.63) is 34.9 Å². The molecule has 122 valence electrons. The van der Waals surface area contributed by atoms with Crippen molar-refractivity contribution in [1.82, 2.24) is 10.6 Å². The largest absolute Gasteiger partial charge is 0.354 e. The predicted molar refractivity (Wildman–Crippen MR) is 92.8 cm³/mol. The number of halogens is 2. The second kappa shape index (κ2) is 7.67. The Hall–Kier alpha value is -0.770. The zero-order valence-electron chi connectivity index (χ0n) is 12.7. The van der Waals surface area contributed by atoms with E-state index in [1.807, 2.05) is 12.1 Å². The SMILES string of the molecule is Cl.O=C(CNCC1CC1)NCC1(c2ccc(Cl)cc2)CCC1. The molecule has 0 atom stereocenters. The third-order valence-corrected chi connectivity index (χ3v) is 5.06. The summed E-state index contributed by atoms with van der Waals surface area (Å²) in [6.45, 7) is 2.15. The average Bonchev–Trinajstić information content (AvgIpc) is 3.23. The van der Waals surface area contributed by atoms with Gasteiger partial charge in [0.25, 0.3) is 0 Å². The second-order valence-corrected chi connectivity index (χ2v) is 6.93. The molecule has 3 rings (SSSR count). The highest BCUT2D eigenvalue weighted by molar-refractivity contribution is 6.30. The molecular weight excluding hydrogens is 319 g/mol. The van der Waals surface area contributed by atoms with E-state index in [0.717, 1.165) is 36.9 Å². The Balaban J connectivity index is 0.00000176. The van der Waals surface area contributed by atoms with E-state index < -0.39 is 0 Å². The lowest BCUT2D eigenvalue weighted by Crippen LogP contribution is -2.47. The predicted octanol–water partition coefficient (Wildman–Crippen LogP) is 3.30. The molecule has 1 aromatic rings. The Morgan fingerprint density at radius 3 is 2.45 bits per heavy atom. The van der Waals surface area contributed by atoms with Crippen LogP contribution in [0.5, 0.6) is 0 Å². The Morgan fingerprint density at radius 1 is 1.23 bits per heavy atom. The Kier molecular flexibility index (Phi) is 6.13. The van der Waals surface area contributed by atoms with Crippen molar-refractivity contribution in [2.75, 3.05) is 19.6 Å². The standard InChI is InChI=1S/C17H23ClN2O.ClH/c18-15-6-4-14(5-7-15)17(8-1-9-17)12-20-16(21)11-19-10-13-2-3-13;/h4-7,13,19H,1-3,8-12H2,(H,20,21);1H. The summed E-state index contributed by atoms with van der Waals surface area (Å²) >= 11 is 5.96. The summed E-state index contributed by atoms with van der Waals surface area (Å²) in [4.78, 5) is 11.9. The van der Waals surface area contributed by atoms with E-state index in [-0.39, 0.29) is 23.7 Å². The van der Waals surface area contributed by atoms with E-state index in [1.165, 1.54) is 24.8 Å². The lowest BCUT2D eigenvalue weighted by Gasteiger charge is -2.42. The summed E-state index contributed by atoms with van der Waals surface area (Å²) in [7, 11) is 0. The van der Waals surface area contributed by atoms with Crippen molar-refractivity contribution in [3.63, 3.8) is 0 Å². The maximum Gasteiger partial charge on any atom is 0.233 e. The van der Waals surface area contributed by atoms with Gasteiger partial charge in [-0.25, -0.2) is 0 Å². The Morgan fingerprint density at radius 2 is 1.91 bits per heavy atom. The Labute approximate surface area is 143 Å². The Bertz CT molecular complexity index is 496. The van der Waals surface area contributed by atoms with Crippen LogP contribution in [0.1, 0.15) is 37.7 Å². The topological polar surface area (TPSA) is 41.1 Å². The molecule has 0 aromatic heterocycles. The first-order chi connectivity index (χ1) is 10.2. The lowest BCUT2D eigenvalue weighted by atomic mass is 9.64. The van der Waals surface area contributed by atoms with E-state index in [1.54, 1.807) is 0 Å². The fraction of sp³-hybridized carbons (Fsp3) is 0.588. The van der Waals surface area contributed by atoms with Gasteiger partial charge in [0, 0.05) is 17.0 Å². The fourth-order valence-electron chi connectivity index (χ4n) is 3.02. The van der Waals surface area contributed by atoms with Crippen LogP contribution in [0.15, 0.2) is 24.3 Å². The molecule has 2 N–H and O–H groups in total. The minimum Gasteiger partial charge on any atom is -0.354 e. The van der Waals surface area contributed by atoms with Crippen LogP contribution in [0.2, 0.25) is 5.02 Å². The van der Waals surface area contributed by atoms with Crippen LogP contribution in [0.3, 0.4) is 0 Å². The second-order valence-electron chi connectivity index (χ2n) is 6.49. The van der Waals surface area contributed by atoms with Gasteiger partial charge in [-0.15, -0.1) is 12.4 Å². The molecule has 2 fully saturated rings. The van der Waals surface area contributed by atoms with Crippen molar-refractivity contribution in [1.29, 1.82) is 0 Å². The normalized spacial score (nSPS) is 19.0. The number of carbonyl (C=O) groups excluding carboxylic acids is 1. The molecule has 0 aliphatic heterocycles. The average molecular weight is 343 g/mol. The monoisotopic (exact) mass is 342 g/mol. The van der Waals surface area contributed by atoms with E-state index in [4.69, 9.17) is 11.6 Å². The van der Waals surface area contributed by atoms with Crippen LogP contribution in [-0.2, 0) is 10.2 Å². The molecule has 3 nitrogen and oxygen atoms in total. The molecule has 0 heterocycles. The number of amides is 1. The molecule has 5 heteroatoms. The van der Waals surface area contributed by atoms with Gasteiger partial charge in [-0.2, -0.15) is 0 Å². The fourth-order valence-corrected chi connectivity index (χ4v) is 3.14. The molecule has 1 amide bonds. The van der Waals surface area contributed by atoms with Gasteiger partial charge >= 0.3 is 0 Å². The maximum absolute atomic E-state index is 11.9. The zero-order valence-corrected chi connectivity index (χ0v) is 14.3. The van der Waals surface area contributed by atoms with Crippen LogP contribution in [0.4, 0.5) is 0 Å². The van der Waals surface area contributed by atoms with Crippen molar-refractivity contribution >= 4 is 29.9 Å². The number of hydrogen-bond acceptors (Lipinski definition) is 2. The summed E-state index contributed by atoms with van der Waals surface area (Å²) in [5.41, 5.74) is 1.42. The van der Waals surface area contributed by atoms with Gasteiger partial charge in [-0.05, 0) is 55.8 Å². The third kappa shape index (κ3) is 4.37. The van der Waals surface area contributed by atoms with Gasteiger partial charge < -0.3 is 10.6 Å². The van der Waals surface area contributed by atoms with Gasteiger partial charge in [0.1, 0.15) is 0 Å². The minimum atomic E-state index is 0. The first kappa shape index (κ1) is 17.6. The molecule has 2 saturated carbocycles.